The van der Waals surface area contributed by atoms with Crippen LogP contribution in [-0.2, 0) is 24.0 Å². The summed E-state index contributed by atoms with van der Waals surface area (Å²) >= 11 is 0. The van der Waals surface area contributed by atoms with E-state index in [1.807, 2.05) is 6.92 Å². The van der Waals surface area contributed by atoms with E-state index in [1.54, 1.807) is 14.2 Å². The summed E-state index contributed by atoms with van der Waals surface area (Å²) in [7, 11) is 3.44. The molecule has 5 nitrogen and oxygen atoms in total. The Hall–Kier alpha value is -0.200. The first-order valence-electron chi connectivity index (χ1n) is 7.71. The van der Waals surface area contributed by atoms with Crippen molar-refractivity contribution in [1.29, 1.82) is 0 Å². The van der Waals surface area contributed by atoms with Gasteiger partial charge in [0.25, 0.3) is 0 Å². The van der Waals surface area contributed by atoms with Crippen molar-refractivity contribution in [3.63, 3.8) is 0 Å². The van der Waals surface area contributed by atoms with E-state index in [1.165, 1.54) is 6.42 Å². The SMILES string of the molecule is COCC[C@@H]1CCC[C@@H]2CC[C@@]3(C)OO[C@]21[C@@H](OC)O3. The lowest BCUT2D eigenvalue weighted by Gasteiger charge is -2.53. The first-order valence-corrected chi connectivity index (χ1v) is 7.71. The van der Waals surface area contributed by atoms with Gasteiger partial charge in [0.1, 0.15) is 0 Å². The highest BCUT2D eigenvalue weighted by Crippen LogP contribution is 2.55. The van der Waals surface area contributed by atoms with E-state index in [0.717, 1.165) is 38.7 Å². The standard InChI is InChI=1S/C15H26O5/c1-14-9-7-11-5-4-6-12(8-10-16-2)15(11,20-19-14)13(17-3)18-14/h11-13H,4-10H2,1-3H3/t11-,12+,13+,14-,15-/m1/s1. The Balaban J connectivity index is 1.92. The monoisotopic (exact) mass is 286 g/mol. The third kappa shape index (κ3) is 2.20. The minimum atomic E-state index is -0.672. The van der Waals surface area contributed by atoms with Crippen LogP contribution in [0.25, 0.3) is 0 Å². The molecule has 4 rings (SSSR count). The zero-order chi connectivity index (χ0) is 14.2. The van der Waals surface area contributed by atoms with Crippen molar-refractivity contribution in [3.05, 3.63) is 0 Å². The Morgan fingerprint density at radius 1 is 1.15 bits per heavy atom. The molecule has 3 saturated heterocycles. The fraction of sp³-hybridized carbons (Fsp3) is 1.00. The molecule has 0 radical (unpaired) electrons. The predicted molar refractivity (Wildman–Crippen MR) is 71.7 cm³/mol. The zero-order valence-corrected chi connectivity index (χ0v) is 12.7. The van der Waals surface area contributed by atoms with Gasteiger partial charge in [0.15, 0.2) is 11.9 Å². The Kier molecular flexibility index (Phi) is 4.08. The van der Waals surface area contributed by atoms with Crippen LogP contribution in [0.5, 0.6) is 0 Å². The molecule has 5 atom stereocenters. The largest absolute Gasteiger partial charge is 0.385 e. The minimum Gasteiger partial charge on any atom is -0.385 e. The van der Waals surface area contributed by atoms with Gasteiger partial charge in [0.05, 0.1) is 0 Å². The van der Waals surface area contributed by atoms with Crippen LogP contribution >= 0.6 is 0 Å². The third-order valence-electron chi connectivity index (χ3n) is 5.30. The molecule has 1 aliphatic carbocycles. The molecule has 0 aromatic heterocycles. The first kappa shape index (κ1) is 14.7. The van der Waals surface area contributed by atoms with Gasteiger partial charge in [-0.05, 0) is 44.4 Å². The van der Waals surface area contributed by atoms with Gasteiger partial charge in [-0.1, -0.05) is 6.42 Å². The Morgan fingerprint density at radius 3 is 2.75 bits per heavy atom. The summed E-state index contributed by atoms with van der Waals surface area (Å²) in [6.45, 7) is 2.67. The molecule has 20 heavy (non-hydrogen) atoms. The van der Waals surface area contributed by atoms with Crippen LogP contribution in [0.4, 0.5) is 0 Å². The van der Waals surface area contributed by atoms with E-state index in [9.17, 15) is 0 Å². The summed E-state index contributed by atoms with van der Waals surface area (Å²) in [5, 5.41) is 0. The summed E-state index contributed by atoms with van der Waals surface area (Å²) in [4.78, 5) is 11.7. The van der Waals surface area contributed by atoms with Crippen molar-refractivity contribution in [3.8, 4) is 0 Å². The van der Waals surface area contributed by atoms with Crippen LogP contribution < -0.4 is 0 Å². The molecule has 3 aliphatic heterocycles. The molecular formula is C15H26O5. The van der Waals surface area contributed by atoms with Gasteiger partial charge in [-0.15, -0.1) is 0 Å². The van der Waals surface area contributed by atoms with Crippen molar-refractivity contribution >= 4 is 0 Å². The lowest BCUT2D eigenvalue weighted by atomic mass is 9.65. The van der Waals surface area contributed by atoms with Crippen LogP contribution in [0.15, 0.2) is 0 Å². The van der Waals surface area contributed by atoms with Crippen molar-refractivity contribution in [2.75, 3.05) is 20.8 Å². The molecular weight excluding hydrogens is 260 g/mol. The van der Waals surface area contributed by atoms with Crippen LogP contribution in [0, 0.1) is 11.8 Å². The third-order valence-corrected chi connectivity index (χ3v) is 5.30. The summed E-state index contributed by atoms with van der Waals surface area (Å²) in [5.74, 6) is 0.121. The fourth-order valence-electron chi connectivity index (χ4n) is 4.22. The molecule has 0 aromatic rings. The molecule has 4 fully saturated rings. The van der Waals surface area contributed by atoms with Crippen molar-refractivity contribution in [2.45, 2.75) is 63.1 Å². The average molecular weight is 286 g/mol. The van der Waals surface area contributed by atoms with Gasteiger partial charge in [0, 0.05) is 27.2 Å². The van der Waals surface area contributed by atoms with Crippen LogP contribution in [0.3, 0.4) is 0 Å². The lowest BCUT2D eigenvalue weighted by molar-refractivity contribution is -0.554. The molecule has 1 saturated carbocycles. The average Bonchev–Trinajstić information content (AvgIpc) is 2.69. The quantitative estimate of drug-likeness (QED) is 0.743. The van der Waals surface area contributed by atoms with Gasteiger partial charge < -0.3 is 14.2 Å². The van der Waals surface area contributed by atoms with E-state index in [0.29, 0.717) is 11.8 Å². The molecule has 4 aliphatic rings. The second kappa shape index (κ2) is 5.54. The van der Waals surface area contributed by atoms with Gasteiger partial charge in [-0.25, -0.2) is 9.78 Å². The molecule has 1 spiro atoms. The highest BCUT2D eigenvalue weighted by Gasteiger charge is 2.63. The van der Waals surface area contributed by atoms with Crippen LogP contribution in [-0.4, -0.2) is 38.5 Å². The Labute approximate surface area is 120 Å². The maximum atomic E-state index is 6.11. The zero-order valence-electron chi connectivity index (χ0n) is 12.7. The lowest BCUT2D eigenvalue weighted by Crippen LogP contribution is -2.63. The molecule has 116 valence electrons. The van der Waals surface area contributed by atoms with Crippen LogP contribution in [0.1, 0.15) is 45.4 Å². The normalized spacial score (nSPS) is 47.9. The number of rotatable bonds is 4. The summed E-state index contributed by atoms with van der Waals surface area (Å²) in [5.41, 5.74) is -0.471. The predicted octanol–water partition coefficient (Wildman–Crippen LogP) is 2.64. The van der Waals surface area contributed by atoms with E-state index < -0.39 is 11.4 Å². The molecule has 0 aromatic carbocycles. The molecule has 0 unspecified atom stereocenters. The van der Waals surface area contributed by atoms with Gasteiger partial charge >= 0.3 is 0 Å². The van der Waals surface area contributed by atoms with Gasteiger partial charge in [-0.3, -0.25) is 0 Å². The Morgan fingerprint density at radius 2 is 2.00 bits per heavy atom. The van der Waals surface area contributed by atoms with E-state index in [4.69, 9.17) is 24.0 Å². The summed E-state index contributed by atoms with van der Waals surface area (Å²) in [6, 6.07) is 0. The van der Waals surface area contributed by atoms with Crippen molar-refractivity contribution < 1.29 is 24.0 Å². The summed E-state index contributed by atoms with van der Waals surface area (Å²) < 4.78 is 17.0. The van der Waals surface area contributed by atoms with E-state index >= 15 is 0 Å². The number of ether oxygens (including phenoxy) is 3. The molecule has 0 amide bonds. The maximum Gasteiger partial charge on any atom is 0.201 e. The second-order valence-corrected chi connectivity index (χ2v) is 6.48. The number of fused-ring (bicyclic) bond motifs is 3. The fourth-order valence-corrected chi connectivity index (χ4v) is 4.22. The Bertz CT molecular complexity index is 349. The second-order valence-electron chi connectivity index (χ2n) is 6.48. The number of hydrogen-bond donors (Lipinski definition) is 0. The van der Waals surface area contributed by atoms with Crippen molar-refractivity contribution in [2.24, 2.45) is 11.8 Å². The first-order chi connectivity index (χ1) is 9.64. The summed E-state index contributed by atoms with van der Waals surface area (Å²) in [6.07, 6.45) is 6.04. The van der Waals surface area contributed by atoms with Crippen molar-refractivity contribution in [1.82, 2.24) is 0 Å². The molecule has 0 N–H and O–H groups in total. The molecule has 5 heteroatoms. The van der Waals surface area contributed by atoms with Crippen LogP contribution in [0.2, 0.25) is 0 Å². The molecule has 2 bridgehead atoms. The van der Waals surface area contributed by atoms with Gasteiger partial charge in [0.2, 0.25) is 5.79 Å². The highest BCUT2D eigenvalue weighted by atomic mass is 17.3. The minimum absolute atomic E-state index is 0.351. The topological polar surface area (TPSA) is 46.2 Å². The number of methoxy groups -OCH3 is 2. The van der Waals surface area contributed by atoms with E-state index in [2.05, 4.69) is 0 Å². The molecule has 3 heterocycles. The smallest absolute Gasteiger partial charge is 0.201 e. The van der Waals surface area contributed by atoms with E-state index in [-0.39, 0.29) is 6.29 Å². The highest BCUT2D eigenvalue weighted by molar-refractivity contribution is 5.03. The number of hydrogen-bond acceptors (Lipinski definition) is 5. The maximum absolute atomic E-state index is 6.11. The van der Waals surface area contributed by atoms with Gasteiger partial charge in [-0.2, -0.15) is 0 Å².